The SMILES string of the molecule is Fc1cc(C(F)(F)F)c(F)cc1NSc1c[nH]c(-c2cc(Cl)ccc2F)c1. The third-order valence-corrected chi connectivity index (χ3v) is 4.54. The Kier molecular flexibility index (Phi) is 5.34. The van der Waals surface area contributed by atoms with Gasteiger partial charge in [-0.3, -0.25) is 0 Å². The molecule has 27 heavy (non-hydrogen) atoms. The number of halogens is 7. The predicted octanol–water partition coefficient (Wildman–Crippen LogP) is 6.89. The summed E-state index contributed by atoms with van der Waals surface area (Å²) in [5.41, 5.74) is -1.54. The highest BCUT2D eigenvalue weighted by molar-refractivity contribution is 8.00. The van der Waals surface area contributed by atoms with Gasteiger partial charge in [-0.05, 0) is 42.3 Å². The molecule has 0 radical (unpaired) electrons. The third kappa shape index (κ3) is 4.36. The van der Waals surface area contributed by atoms with E-state index in [1.54, 1.807) is 0 Å². The quantitative estimate of drug-likeness (QED) is 0.354. The number of alkyl halides is 3. The van der Waals surface area contributed by atoms with Gasteiger partial charge >= 0.3 is 6.18 Å². The van der Waals surface area contributed by atoms with Crippen LogP contribution in [0, 0.1) is 17.5 Å². The zero-order chi connectivity index (χ0) is 19.8. The lowest BCUT2D eigenvalue weighted by Gasteiger charge is -2.11. The van der Waals surface area contributed by atoms with E-state index in [0.717, 1.165) is 11.9 Å². The van der Waals surface area contributed by atoms with E-state index in [9.17, 15) is 26.3 Å². The van der Waals surface area contributed by atoms with E-state index >= 15 is 0 Å². The predicted molar refractivity (Wildman–Crippen MR) is 92.0 cm³/mol. The van der Waals surface area contributed by atoms with Gasteiger partial charge in [0.25, 0.3) is 0 Å². The molecule has 2 nitrogen and oxygen atoms in total. The van der Waals surface area contributed by atoms with E-state index in [2.05, 4.69) is 9.71 Å². The summed E-state index contributed by atoms with van der Waals surface area (Å²) >= 11 is 6.65. The molecule has 0 spiro atoms. The summed E-state index contributed by atoms with van der Waals surface area (Å²) in [6.07, 6.45) is -3.53. The maximum Gasteiger partial charge on any atom is 0.419 e. The molecule has 0 aliphatic carbocycles. The number of anilines is 1. The molecular formula is C17H9ClF6N2S. The lowest BCUT2D eigenvalue weighted by atomic mass is 10.1. The minimum absolute atomic E-state index is 0.0854. The number of hydrogen-bond donors (Lipinski definition) is 2. The van der Waals surface area contributed by atoms with Crippen molar-refractivity contribution in [2.75, 3.05) is 4.72 Å². The Hall–Kier alpha value is -2.26. The Morgan fingerprint density at radius 2 is 1.67 bits per heavy atom. The van der Waals surface area contributed by atoms with Crippen molar-refractivity contribution in [2.45, 2.75) is 11.1 Å². The summed E-state index contributed by atoms with van der Waals surface area (Å²) in [5, 5.41) is 0.329. The van der Waals surface area contributed by atoms with E-state index < -0.39 is 34.9 Å². The number of hydrogen-bond acceptors (Lipinski definition) is 2. The lowest BCUT2D eigenvalue weighted by Crippen LogP contribution is -2.09. The first-order chi connectivity index (χ1) is 12.6. The Balaban J connectivity index is 1.78. The first-order valence-electron chi connectivity index (χ1n) is 7.28. The molecule has 0 unspecified atom stereocenters. The third-order valence-electron chi connectivity index (χ3n) is 3.52. The van der Waals surface area contributed by atoms with Crippen molar-refractivity contribution in [3.8, 4) is 11.3 Å². The molecule has 1 aromatic heterocycles. The molecule has 0 bridgehead atoms. The summed E-state index contributed by atoms with van der Waals surface area (Å²) in [4.78, 5) is 3.27. The molecule has 0 aliphatic rings. The maximum absolute atomic E-state index is 13.9. The Labute approximate surface area is 158 Å². The maximum atomic E-state index is 13.9. The second-order valence-electron chi connectivity index (χ2n) is 5.39. The molecular weight excluding hydrogens is 414 g/mol. The smallest absolute Gasteiger partial charge is 0.360 e. The van der Waals surface area contributed by atoms with Crippen LogP contribution < -0.4 is 4.72 Å². The van der Waals surface area contributed by atoms with Gasteiger partial charge in [0.05, 0.1) is 11.3 Å². The van der Waals surface area contributed by atoms with Gasteiger partial charge in [-0.25, -0.2) is 13.2 Å². The molecule has 0 atom stereocenters. The van der Waals surface area contributed by atoms with Gasteiger partial charge in [0.2, 0.25) is 0 Å². The van der Waals surface area contributed by atoms with Crippen molar-refractivity contribution in [1.29, 1.82) is 0 Å². The molecule has 0 aliphatic heterocycles. The van der Waals surface area contributed by atoms with Crippen LogP contribution in [0.5, 0.6) is 0 Å². The Morgan fingerprint density at radius 3 is 2.37 bits per heavy atom. The molecule has 0 saturated carbocycles. The number of rotatable bonds is 4. The van der Waals surface area contributed by atoms with Crippen LogP contribution in [0.4, 0.5) is 32.0 Å². The fourth-order valence-corrected chi connectivity index (χ4v) is 3.10. The molecule has 10 heteroatoms. The van der Waals surface area contributed by atoms with Crippen LogP contribution in [0.1, 0.15) is 5.56 Å². The zero-order valence-electron chi connectivity index (χ0n) is 13.1. The van der Waals surface area contributed by atoms with Gasteiger partial charge in [-0.15, -0.1) is 0 Å². The van der Waals surface area contributed by atoms with E-state index in [4.69, 9.17) is 11.6 Å². The second kappa shape index (κ2) is 7.40. The van der Waals surface area contributed by atoms with Gasteiger partial charge in [0, 0.05) is 33.4 Å². The Bertz CT molecular complexity index is 986. The summed E-state index contributed by atoms with van der Waals surface area (Å²) in [6, 6.07) is 6.03. The first-order valence-corrected chi connectivity index (χ1v) is 8.47. The van der Waals surface area contributed by atoms with Crippen LogP contribution in [0.3, 0.4) is 0 Å². The summed E-state index contributed by atoms with van der Waals surface area (Å²) in [5.74, 6) is -3.36. The van der Waals surface area contributed by atoms with Gasteiger partial charge in [-0.2, -0.15) is 13.2 Å². The molecule has 0 saturated heterocycles. The zero-order valence-corrected chi connectivity index (χ0v) is 14.7. The normalized spacial score (nSPS) is 11.7. The molecule has 0 amide bonds. The average molecular weight is 423 g/mol. The molecule has 3 rings (SSSR count). The Morgan fingerprint density at radius 1 is 0.926 bits per heavy atom. The molecule has 2 aromatic carbocycles. The number of aromatic nitrogens is 1. The summed E-state index contributed by atoms with van der Waals surface area (Å²) in [6.45, 7) is 0. The van der Waals surface area contributed by atoms with Crippen LogP contribution in [0.2, 0.25) is 5.02 Å². The minimum Gasteiger partial charge on any atom is -0.360 e. The standard InChI is InChI=1S/C17H9ClF6N2S/c18-8-1-2-12(19)10(3-8)15-4-9(7-25-15)27-26-16-6-13(20)11(5-14(16)21)17(22,23)24/h1-7,25-26H. The van der Waals surface area contributed by atoms with Crippen LogP contribution in [-0.4, -0.2) is 4.98 Å². The van der Waals surface area contributed by atoms with Crippen LogP contribution >= 0.6 is 23.5 Å². The molecule has 2 N–H and O–H groups in total. The fourth-order valence-electron chi connectivity index (χ4n) is 2.25. The van der Waals surface area contributed by atoms with Crippen molar-refractivity contribution in [3.63, 3.8) is 0 Å². The highest BCUT2D eigenvalue weighted by Crippen LogP contribution is 2.35. The monoisotopic (exact) mass is 422 g/mol. The molecule has 3 aromatic rings. The van der Waals surface area contributed by atoms with Crippen molar-refractivity contribution in [1.82, 2.24) is 4.98 Å². The van der Waals surface area contributed by atoms with E-state index in [-0.39, 0.29) is 11.6 Å². The minimum atomic E-state index is -4.99. The van der Waals surface area contributed by atoms with E-state index in [0.29, 0.717) is 21.7 Å². The lowest BCUT2D eigenvalue weighted by molar-refractivity contribution is -0.140. The van der Waals surface area contributed by atoms with Crippen LogP contribution in [-0.2, 0) is 6.18 Å². The van der Waals surface area contributed by atoms with E-state index in [1.807, 2.05) is 0 Å². The van der Waals surface area contributed by atoms with Crippen LogP contribution in [0.25, 0.3) is 11.3 Å². The van der Waals surface area contributed by atoms with Crippen molar-refractivity contribution < 1.29 is 26.3 Å². The van der Waals surface area contributed by atoms with Crippen LogP contribution in [0.15, 0.2) is 47.5 Å². The number of nitrogens with one attached hydrogen (secondary N) is 2. The highest BCUT2D eigenvalue weighted by Gasteiger charge is 2.35. The first kappa shape index (κ1) is 19.5. The van der Waals surface area contributed by atoms with Gasteiger partial charge in [-0.1, -0.05) is 11.6 Å². The van der Waals surface area contributed by atoms with Crippen molar-refractivity contribution in [3.05, 3.63) is 70.6 Å². The average Bonchev–Trinajstić information content (AvgIpc) is 3.05. The van der Waals surface area contributed by atoms with Gasteiger partial charge in [0.1, 0.15) is 17.5 Å². The number of benzene rings is 2. The second-order valence-corrected chi connectivity index (χ2v) is 6.70. The highest BCUT2D eigenvalue weighted by atomic mass is 35.5. The molecule has 1 heterocycles. The van der Waals surface area contributed by atoms with Crippen molar-refractivity contribution >= 4 is 29.2 Å². The van der Waals surface area contributed by atoms with Gasteiger partial charge < -0.3 is 9.71 Å². The van der Waals surface area contributed by atoms with E-state index in [1.165, 1.54) is 30.5 Å². The summed E-state index contributed by atoms with van der Waals surface area (Å²) < 4.78 is 81.4. The topological polar surface area (TPSA) is 27.8 Å². The molecule has 0 fully saturated rings. The number of H-pyrrole nitrogens is 1. The summed E-state index contributed by atoms with van der Waals surface area (Å²) in [7, 11) is 0. The molecule has 142 valence electrons. The fraction of sp³-hybridized carbons (Fsp3) is 0.0588. The van der Waals surface area contributed by atoms with Crippen molar-refractivity contribution in [2.24, 2.45) is 0 Å². The van der Waals surface area contributed by atoms with Gasteiger partial charge in [0.15, 0.2) is 0 Å². The number of aromatic amines is 1. The largest absolute Gasteiger partial charge is 0.419 e.